The number of nitrogens with one attached hydrogen (secondary N) is 1. The molecule has 0 aliphatic rings. The minimum Gasteiger partial charge on any atom is -0.309 e. The smallest absolute Gasteiger partial charge is 0.124 e. The van der Waals surface area contributed by atoms with Gasteiger partial charge in [-0.25, -0.2) is 4.39 Å². The molecule has 0 radical (unpaired) electrons. The zero-order valence-electron chi connectivity index (χ0n) is 11.9. The van der Waals surface area contributed by atoms with Crippen LogP contribution >= 0.6 is 23.1 Å². The normalized spacial score (nSPS) is 12.6. The Balaban J connectivity index is 2.03. The molecule has 1 nitrogen and oxygen atoms in total. The zero-order chi connectivity index (χ0) is 14.4. The van der Waals surface area contributed by atoms with Crippen molar-refractivity contribution >= 4 is 23.1 Å². The van der Waals surface area contributed by atoms with Crippen molar-refractivity contribution in [2.45, 2.75) is 31.2 Å². The number of thioether (sulfide) groups is 1. The van der Waals surface area contributed by atoms with Crippen LogP contribution in [0.1, 0.15) is 29.8 Å². The quantitative estimate of drug-likeness (QED) is 0.720. The second-order valence-corrected chi connectivity index (χ2v) is 6.92. The standard InChI is InChI=1S/C16H20FNS2/c1-3-8-18-16(15-7-9-19-12(15)2)11-20-14-6-4-5-13(17)10-14/h4-7,9-10,16,18H,3,8,11H2,1-2H3. The largest absolute Gasteiger partial charge is 0.309 e. The van der Waals surface area contributed by atoms with Crippen LogP contribution in [0.15, 0.2) is 40.6 Å². The molecule has 0 saturated carbocycles. The molecule has 2 rings (SSSR count). The van der Waals surface area contributed by atoms with E-state index in [0.717, 1.165) is 23.6 Å². The Kier molecular flexibility index (Phi) is 6.07. The molecule has 1 heterocycles. The summed E-state index contributed by atoms with van der Waals surface area (Å²) in [5.74, 6) is 0.751. The van der Waals surface area contributed by atoms with Gasteiger partial charge in [-0.3, -0.25) is 0 Å². The van der Waals surface area contributed by atoms with Gasteiger partial charge in [0.2, 0.25) is 0 Å². The van der Waals surface area contributed by atoms with E-state index in [9.17, 15) is 4.39 Å². The van der Waals surface area contributed by atoms with Crippen LogP contribution in [0.3, 0.4) is 0 Å². The second-order valence-electron chi connectivity index (χ2n) is 4.71. The number of rotatable bonds is 7. The maximum atomic E-state index is 13.2. The minimum absolute atomic E-state index is 0.167. The van der Waals surface area contributed by atoms with E-state index in [0.29, 0.717) is 6.04 Å². The summed E-state index contributed by atoms with van der Waals surface area (Å²) in [6.45, 7) is 5.33. The zero-order valence-corrected chi connectivity index (χ0v) is 13.5. The molecule has 0 bridgehead atoms. The Morgan fingerprint density at radius 2 is 2.20 bits per heavy atom. The van der Waals surface area contributed by atoms with Gasteiger partial charge in [0.05, 0.1) is 0 Å². The predicted octanol–water partition coefficient (Wildman–Crippen LogP) is 5.03. The van der Waals surface area contributed by atoms with Gasteiger partial charge in [-0.15, -0.1) is 23.1 Å². The molecule has 0 aliphatic heterocycles. The van der Waals surface area contributed by atoms with E-state index in [4.69, 9.17) is 0 Å². The molecule has 0 saturated heterocycles. The molecule has 108 valence electrons. The van der Waals surface area contributed by atoms with Gasteiger partial charge in [-0.1, -0.05) is 13.0 Å². The van der Waals surface area contributed by atoms with Crippen molar-refractivity contribution in [3.05, 3.63) is 52.0 Å². The Morgan fingerprint density at radius 3 is 2.85 bits per heavy atom. The van der Waals surface area contributed by atoms with Gasteiger partial charge in [0.15, 0.2) is 0 Å². The minimum atomic E-state index is -0.167. The highest BCUT2D eigenvalue weighted by Crippen LogP contribution is 2.29. The van der Waals surface area contributed by atoms with Crippen LogP contribution in [-0.4, -0.2) is 12.3 Å². The van der Waals surface area contributed by atoms with Crippen LogP contribution in [0.25, 0.3) is 0 Å². The number of hydrogen-bond acceptors (Lipinski definition) is 3. The molecule has 2 aromatic rings. The molecule has 4 heteroatoms. The van der Waals surface area contributed by atoms with Crippen LogP contribution in [0, 0.1) is 12.7 Å². The average molecular weight is 309 g/mol. The second kappa shape index (κ2) is 7.81. The van der Waals surface area contributed by atoms with Gasteiger partial charge >= 0.3 is 0 Å². The van der Waals surface area contributed by atoms with Gasteiger partial charge in [-0.05, 0) is 55.1 Å². The summed E-state index contributed by atoms with van der Waals surface area (Å²) in [7, 11) is 0. The molecule has 1 atom stereocenters. The summed E-state index contributed by atoms with van der Waals surface area (Å²) >= 11 is 3.48. The number of hydrogen-bond donors (Lipinski definition) is 1. The van der Waals surface area contributed by atoms with Crippen molar-refractivity contribution in [3.63, 3.8) is 0 Å². The first-order valence-electron chi connectivity index (χ1n) is 6.86. The molecule has 1 unspecified atom stereocenters. The van der Waals surface area contributed by atoms with Crippen molar-refractivity contribution < 1.29 is 4.39 Å². The highest BCUT2D eigenvalue weighted by atomic mass is 32.2. The number of benzene rings is 1. The van der Waals surface area contributed by atoms with E-state index >= 15 is 0 Å². The van der Waals surface area contributed by atoms with Crippen molar-refractivity contribution in [2.75, 3.05) is 12.3 Å². The summed E-state index contributed by atoms with van der Waals surface area (Å²) in [4.78, 5) is 2.35. The third kappa shape index (κ3) is 4.33. The third-order valence-electron chi connectivity index (χ3n) is 3.13. The van der Waals surface area contributed by atoms with Crippen LogP contribution in [0.4, 0.5) is 4.39 Å². The van der Waals surface area contributed by atoms with Gasteiger partial charge in [-0.2, -0.15) is 0 Å². The number of aryl methyl sites for hydroxylation is 1. The Hall–Kier alpha value is -0.840. The molecule has 1 aromatic carbocycles. The first-order chi connectivity index (χ1) is 9.70. The lowest BCUT2D eigenvalue weighted by molar-refractivity contribution is 0.577. The Morgan fingerprint density at radius 1 is 1.35 bits per heavy atom. The Bertz CT molecular complexity index is 539. The summed E-state index contributed by atoms with van der Waals surface area (Å²) in [5, 5.41) is 5.73. The van der Waals surface area contributed by atoms with Crippen LogP contribution in [0.5, 0.6) is 0 Å². The van der Waals surface area contributed by atoms with Gasteiger partial charge in [0.1, 0.15) is 5.82 Å². The van der Waals surface area contributed by atoms with Crippen LogP contribution < -0.4 is 5.32 Å². The van der Waals surface area contributed by atoms with Gasteiger partial charge in [0, 0.05) is 21.6 Å². The molecule has 20 heavy (non-hydrogen) atoms. The fourth-order valence-electron chi connectivity index (χ4n) is 2.07. The topological polar surface area (TPSA) is 12.0 Å². The molecule has 1 N–H and O–H groups in total. The predicted molar refractivity (Wildman–Crippen MR) is 87.2 cm³/mol. The lowest BCUT2D eigenvalue weighted by Crippen LogP contribution is -2.24. The fourth-order valence-corrected chi connectivity index (χ4v) is 3.86. The highest BCUT2D eigenvalue weighted by Gasteiger charge is 2.14. The average Bonchev–Trinajstić information content (AvgIpc) is 2.85. The lowest BCUT2D eigenvalue weighted by Gasteiger charge is -2.18. The molecule has 1 aromatic heterocycles. The monoisotopic (exact) mass is 309 g/mol. The fraction of sp³-hybridized carbons (Fsp3) is 0.375. The summed E-state index contributed by atoms with van der Waals surface area (Å²) in [6, 6.07) is 9.34. The number of thiophene rings is 1. The molecular formula is C16H20FNS2. The summed E-state index contributed by atoms with van der Waals surface area (Å²) in [6.07, 6.45) is 1.12. The maximum Gasteiger partial charge on any atom is 0.124 e. The van der Waals surface area contributed by atoms with E-state index in [1.54, 1.807) is 35.2 Å². The van der Waals surface area contributed by atoms with Gasteiger partial charge in [0.25, 0.3) is 0 Å². The Labute approximate surface area is 128 Å². The molecular weight excluding hydrogens is 289 g/mol. The van der Waals surface area contributed by atoms with Crippen LogP contribution in [-0.2, 0) is 0 Å². The van der Waals surface area contributed by atoms with E-state index in [-0.39, 0.29) is 5.82 Å². The van der Waals surface area contributed by atoms with Gasteiger partial charge < -0.3 is 5.32 Å². The maximum absolute atomic E-state index is 13.2. The first-order valence-corrected chi connectivity index (χ1v) is 8.73. The molecule has 0 aliphatic carbocycles. The van der Waals surface area contributed by atoms with E-state index in [2.05, 4.69) is 30.6 Å². The van der Waals surface area contributed by atoms with E-state index in [1.807, 2.05) is 6.07 Å². The highest BCUT2D eigenvalue weighted by molar-refractivity contribution is 7.99. The third-order valence-corrected chi connectivity index (χ3v) is 5.08. The van der Waals surface area contributed by atoms with Crippen molar-refractivity contribution in [1.82, 2.24) is 5.32 Å². The van der Waals surface area contributed by atoms with Crippen molar-refractivity contribution in [2.24, 2.45) is 0 Å². The first kappa shape index (κ1) is 15.5. The van der Waals surface area contributed by atoms with Crippen molar-refractivity contribution in [3.8, 4) is 0 Å². The lowest BCUT2D eigenvalue weighted by atomic mass is 10.1. The van der Waals surface area contributed by atoms with E-state index < -0.39 is 0 Å². The number of halogens is 1. The van der Waals surface area contributed by atoms with Crippen molar-refractivity contribution in [1.29, 1.82) is 0 Å². The SMILES string of the molecule is CCCNC(CSc1cccc(F)c1)c1ccsc1C. The molecule has 0 amide bonds. The summed E-state index contributed by atoms with van der Waals surface area (Å²) < 4.78 is 13.2. The van der Waals surface area contributed by atoms with Crippen LogP contribution in [0.2, 0.25) is 0 Å². The summed E-state index contributed by atoms with van der Waals surface area (Å²) in [5.41, 5.74) is 1.37. The van der Waals surface area contributed by atoms with E-state index in [1.165, 1.54) is 16.5 Å². The molecule has 0 spiro atoms. The molecule has 0 fully saturated rings.